The summed E-state index contributed by atoms with van der Waals surface area (Å²) in [5.74, 6) is 0.549. The SMILES string of the molecule is CCOc1ccc(C(=O)N2CCC[C@H](c3nnsc3S(C)(=O)=O)C2)cc1. The average molecular weight is 396 g/mol. The molecular weight excluding hydrogens is 374 g/mol. The van der Waals surface area contributed by atoms with Gasteiger partial charge < -0.3 is 9.64 Å². The van der Waals surface area contributed by atoms with Crippen molar-refractivity contribution in [2.75, 3.05) is 26.0 Å². The number of ether oxygens (including phenoxy) is 1. The van der Waals surface area contributed by atoms with Gasteiger partial charge in [-0.3, -0.25) is 4.79 Å². The van der Waals surface area contributed by atoms with Gasteiger partial charge in [0, 0.05) is 42.4 Å². The van der Waals surface area contributed by atoms with E-state index in [1.807, 2.05) is 6.92 Å². The van der Waals surface area contributed by atoms with Gasteiger partial charge in [0.15, 0.2) is 14.0 Å². The van der Waals surface area contributed by atoms with Crippen LogP contribution in [0.4, 0.5) is 0 Å². The van der Waals surface area contributed by atoms with Gasteiger partial charge in [-0.2, -0.15) is 0 Å². The molecule has 2 heterocycles. The number of rotatable bonds is 5. The van der Waals surface area contributed by atoms with Gasteiger partial charge in [-0.25, -0.2) is 8.42 Å². The zero-order valence-electron chi connectivity index (χ0n) is 14.7. The van der Waals surface area contributed by atoms with E-state index in [2.05, 4.69) is 9.59 Å². The number of carbonyl (C=O) groups is 1. The van der Waals surface area contributed by atoms with E-state index in [-0.39, 0.29) is 16.0 Å². The Kier molecular flexibility index (Phi) is 5.57. The van der Waals surface area contributed by atoms with Crippen LogP contribution in [0.5, 0.6) is 5.75 Å². The molecule has 0 bridgehead atoms. The minimum atomic E-state index is -3.36. The Labute approximate surface area is 157 Å². The molecule has 1 fully saturated rings. The van der Waals surface area contributed by atoms with Crippen LogP contribution in [0.3, 0.4) is 0 Å². The van der Waals surface area contributed by atoms with Gasteiger partial charge in [0.05, 0.1) is 12.3 Å². The summed E-state index contributed by atoms with van der Waals surface area (Å²) in [6.07, 6.45) is 2.76. The van der Waals surface area contributed by atoms with E-state index in [9.17, 15) is 13.2 Å². The molecule has 1 atom stereocenters. The van der Waals surface area contributed by atoms with Crippen LogP contribution in [0, 0.1) is 0 Å². The normalized spacial score (nSPS) is 17.9. The highest BCUT2D eigenvalue weighted by Crippen LogP contribution is 2.32. The van der Waals surface area contributed by atoms with Gasteiger partial charge in [0.25, 0.3) is 5.91 Å². The predicted octanol–water partition coefficient (Wildman–Crippen LogP) is 2.36. The number of sulfone groups is 1. The zero-order chi connectivity index (χ0) is 18.7. The van der Waals surface area contributed by atoms with Gasteiger partial charge in [-0.1, -0.05) is 4.49 Å². The van der Waals surface area contributed by atoms with Crippen molar-refractivity contribution in [2.45, 2.75) is 29.9 Å². The van der Waals surface area contributed by atoms with Crippen LogP contribution in [0.25, 0.3) is 0 Å². The molecule has 2 aromatic rings. The van der Waals surface area contributed by atoms with Crippen molar-refractivity contribution in [2.24, 2.45) is 0 Å². The number of aromatic nitrogens is 2. The second-order valence-electron chi connectivity index (χ2n) is 6.27. The topological polar surface area (TPSA) is 89.5 Å². The minimum absolute atomic E-state index is 0.0677. The summed E-state index contributed by atoms with van der Waals surface area (Å²) in [5, 5.41) is 4.04. The number of piperidine rings is 1. The first kappa shape index (κ1) is 18.8. The van der Waals surface area contributed by atoms with Crippen molar-refractivity contribution in [3.63, 3.8) is 0 Å². The molecule has 0 N–H and O–H groups in total. The molecule has 7 nitrogen and oxygen atoms in total. The maximum absolute atomic E-state index is 12.8. The Morgan fingerprint density at radius 3 is 2.73 bits per heavy atom. The van der Waals surface area contributed by atoms with E-state index in [4.69, 9.17) is 4.74 Å². The molecule has 1 aliphatic rings. The monoisotopic (exact) mass is 395 g/mol. The average Bonchev–Trinajstić information content (AvgIpc) is 3.12. The Balaban J connectivity index is 1.76. The van der Waals surface area contributed by atoms with Crippen molar-refractivity contribution in [1.29, 1.82) is 0 Å². The molecule has 26 heavy (non-hydrogen) atoms. The highest BCUT2D eigenvalue weighted by Gasteiger charge is 2.31. The number of likely N-dealkylation sites (tertiary alicyclic amines) is 1. The molecule has 0 saturated carbocycles. The molecule has 3 rings (SSSR count). The third-order valence-corrected chi connectivity index (χ3v) is 6.88. The highest BCUT2D eigenvalue weighted by atomic mass is 32.2. The summed E-state index contributed by atoms with van der Waals surface area (Å²) in [5.41, 5.74) is 1.08. The summed E-state index contributed by atoms with van der Waals surface area (Å²) in [4.78, 5) is 14.6. The van der Waals surface area contributed by atoms with E-state index in [0.717, 1.165) is 36.4 Å². The number of nitrogens with zero attached hydrogens (tertiary/aromatic N) is 3. The van der Waals surface area contributed by atoms with Crippen molar-refractivity contribution >= 4 is 27.3 Å². The number of amides is 1. The van der Waals surface area contributed by atoms with Gasteiger partial charge >= 0.3 is 0 Å². The van der Waals surface area contributed by atoms with E-state index in [1.165, 1.54) is 0 Å². The molecule has 0 spiro atoms. The fourth-order valence-electron chi connectivity index (χ4n) is 3.12. The molecule has 0 radical (unpaired) electrons. The number of hydrogen-bond acceptors (Lipinski definition) is 7. The van der Waals surface area contributed by atoms with Gasteiger partial charge in [-0.15, -0.1) is 5.10 Å². The Morgan fingerprint density at radius 2 is 2.08 bits per heavy atom. The second-order valence-corrected chi connectivity index (χ2v) is 9.23. The van der Waals surface area contributed by atoms with Crippen LogP contribution in [-0.2, 0) is 9.84 Å². The molecule has 1 amide bonds. The van der Waals surface area contributed by atoms with E-state index >= 15 is 0 Å². The summed E-state index contributed by atoms with van der Waals surface area (Å²) < 4.78 is 33.3. The lowest BCUT2D eigenvalue weighted by Gasteiger charge is -2.32. The molecule has 0 aliphatic carbocycles. The van der Waals surface area contributed by atoms with Gasteiger partial charge in [0.2, 0.25) is 0 Å². The second kappa shape index (κ2) is 7.71. The fourth-order valence-corrected chi connectivity index (χ4v) is 4.86. The molecule has 1 saturated heterocycles. The highest BCUT2D eigenvalue weighted by molar-refractivity contribution is 7.92. The molecular formula is C17H21N3O4S2. The number of benzene rings is 1. The molecule has 1 aliphatic heterocycles. The van der Waals surface area contributed by atoms with Crippen LogP contribution in [-0.4, -0.2) is 54.8 Å². The van der Waals surface area contributed by atoms with E-state index in [0.29, 0.717) is 31.0 Å². The first-order valence-electron chi connectivity index (χ1n) is 8.44. The third-order valence-electron chi connectivity index (χ3n) is 4.33. The first-order valence-corrected chi connectivity index (χ1v) is 11.1. The van der Waals surface area contributed by atoms with Gasteiger partial charge in [0.1, 0.15) is 5.75 Å². The number of hydrogen-bond donors (Lipinski definition) is 0. The van der Waals surface area contributed by atoms with Crippen molar-refractivity contribution in [3.8, 4) is 5.75 Å². The molecule has 1 aromatic carbocycles. The third kappa shape index (κ3) is 4.04. The summed E-state index contributed by atoms with van der Waals surface area (Å²) in [6, 6.07) is 7.07. The molecule has 9 heteroatoms. The lowest BCUT2D eigenvalue weighted by Crippen LogP contribution is -2.39. The Bertz CT molecular complexity index is 878. The first-order chi connectivity index (χ1) is 12.4. The lowest BCUT2D eigenvalue weighted by atomic mass is 9.95. The summed E-state index contributed by atoms with van der Waals surface area (Å²) in [7, 11) is -3.36. The zero-order valence-corrected chi connectivity index (χ0v) is 16.3. The summed E-state index contributed by atoms with van der Waals surface area (Å²) >= 11 is 0.896. The molecule has 140 valence electrons. The van der Waals surface area contributed by atoms with Crippen LogP contribution in [0.2, 0.25) is 0 Å². The predicted molar refractivity (Wildman–Crippen MR) is 98.5 cm³/mol. The van der Waals surface area contributed by atoms with Crippen molar-refractivity contribution in [3.05, 3.63) is 35.5 Å². The lowest BCUT2D eigenvalue weighted by molar-refractivity contribution is 0.0705. The summed E-state index contributed by atoms with van der Waals surface area (Å²) in [6.45, 7) is 3.57. The van der Waals surface area contributed by atoms with E-state index < -0.39 is 9.84 Å². The van der Waals surface area contributed by atoms with Gasteiger partial charge in [-0.05, 0) is 44.0 Å². The largest absolute Gasteiger partial charge is 0.494 e. The smallest absolute Gasteiger partial charge is 0.253 e. The van der Waals surface area contributed by atoms with Crippen molar-refractivity contribution < 1.29 is 17.9 Å². The Morgan fingerprint density at radius 1 is 1.35 bits per heavy atom. The molecule has 1 aromatic heterocycles. The molecule has 0 unspecified atom stereocenters. The van der Waals surface area contributed by atoms with Crippen LogP contribution in [0.1, 0.15) is 41.7 Å². The van der Waals surface area contributed by atoms with Crippen molar-refractivity contribution in [1.82, 2.24) is 14.5 Å². The standard InChI is InChI=1S/C17H21N3O4S2/c1-3-24-14-8-6-12(7-9-14)16(21)20-10-4-5-13(11-20)15-17(25-19-18-15)26(2,22)23/h6-9,13H,3-5,10-11H2,1-2H3/t13-/m0/s1. The maximum Gasteiger partial charge on any atom is 0.253 e. The fraction of sp³-hybridized carbons (Fsp3) is 0.471. The van der Waals surface area contributed by atoms with E-state index in [1.54, 1.807) is 29.2 Å². The quantitative estimate of drug-likeness (QED) is 0.772. The minimum Gasteiger partial charge on any atom is -0.494 e. The number of carbonyl (C=O) groups excluding carboxylic acids is 1. The van der Waals surface area contributed by atoms with Crippen LogP contribution in [0.15, 0.2) is 28.5 Å². The van der Waals surface area contributed by atoms with Crippen LogP contribution >= 0.6 is 11.5 Å². The Hall–Kier alpha value is -2.00. The van der Waals surface area contributed by atoms with Crippen LogP contribution < -0.4 is 4.74 Å². The maximum atomic E-state index is 12.8.